The third-order valence-electron chi connectivity index (χ3n) is 2.32. The summed E-state index contributed by atoms with van der Waals surface area (Å²) < 4.78 is 0. The van der Waals surface area contributed by atoms with Crippen molar-refractivity contribution in [2.45, 2.75) is 12.8 Å². The van der Waals surface area contributed by atoms with Gasteiger partial charge in [-0.15, -0.1) is 11.3 Å². The molecule has 2 N–H and O–H groups in total. The Kier molecular flexibility index (Phi) is 4.63. The predicted molar refractivity (Wildman–Crippen MR) is 75.0 cm³/mol. The average molecular weight is 275 g/mol. The van der Waals surface area contributed by atoms with Crippen molar-refractivity contribution in [1.29, 1.82) is 0 Å². The molecular formula is C13H13N3O2S. The lowest BCUT2D eigenvalue weighted by Crippen LogP contribution is -2.17. The zero-order valence-electron chi connectivity index (χ0n) is 10.1. The molecule has 2 rings (SSSR count). The normalized spacial score (nSPS) is 9.89. The van der Waals surface area contributed by atoms with Gasteiger partial charge in [0.15, 0.2) is 5.13 Å². The van der Waals surface area contributed by atoms with Crippen LogP contribution in [-0.2, 0) is 9.59 Å². The Labute approximate surface area is 114 Å². The quantitative estimate of drug-likeness (QED) is 0.880. The van der Waals surface area contributed by atoms with Gasteiger partial charge >= 0.3 is 0 Å². The number of nitrogens with zero attached hydrogens (tertiary/aromatic N) is 1. The first-order chi connectivity index (χ1) is 9.24. The van der Waals surface area contributed by atoms with Crippen LogP contribution in [0, 0.1) is 0 Å². The smallest absolute Gasteiger partial charge is 0.226 e. The summed E-state index contributed by atoms with van der Waals surface area (Å²) in [6.45, 7) is 0. The van der Waals surface area contributed by atoms with Gasteiger partial charge in [0, 0.05) is 30.1 Å². The first-order valence-electron chi connectivity index (χ1n) is 5.78. The molecule has 0 aliphatic rings. The fourth-order valence-corrected chi connectivity index (χ4v) is 1.98. The Morgan fingerprint density at radius 1 is 1.05 bits per heavy atom. The maximum Gasteiger partial charge on any atom is 0.226 e. The van der Waals surface area contributed by atoms with Crippen LogP contribution in [0.2, 0.25) is 0 Å². The van der Waals surface area contributed by atoms with E-state index in [-0.39, 0.29) is 24.7 Å². The highest BCUT2D eigenvalue weighted by molar-refractivity contribution is 7.13. The third-order valence-corrected chi connectivity index (χ3v) is 3.00. The average Bonchev–Trinajstić information content (AvgIpc) is 2.90. The van der Waals surface area contributed by atoms with Crippen molar-refractivity contribution in [3.8, 4) is 0 Å². The minimum atomic E-state index is -0.210. The molecule has 1 aromatic carbocycles. The number of rotatable bonds is 5. The van der Waals surface area contributed by atoms with Crippen molar-refractivity contribution >= 4 is 34.0 Å². The van der Waals surface area contributed by atoms with Gasteiger partial charge in [0.05, 0.1) is 0 Å². The first-order valence-corrected chi connectivity index (χ1v) is 6.66. The molecule has 5 nitrogen and oxygen atoms in total. The highest BCUT2D eigenvalue weighted by Crippen LogP contribution is 2.11. The van der Waals surface area contributed by atoms with Gasteiger partial charge in [0.25, 0.3) is 0 Å². The van der Waals surface area contributed by atoms with Gasteiger partial charge < -0.3 is 10.6 Å². The third kappa shape index (κ3) is 4.51. The van der Waals surface area contributed by atoms with Crippen LogP contribution in [0.5, 0.6) is 0 Å². The summed E-state index contributed by atoms with van der Waals surface area (Å²) in [6, 6.07) is 9.15. The molecule has 0 unspecified atom stereocenters. The summed E-state index contributed by atoms with van der Waals surface area (Å²) >= 11 is 1.34. The maximum absolute atomic E-state index is 11.6. The largest absolute Gasteiger partial charge is 0.326 e. The Hall–Kier alpha value is -2.21. The lowest BCUT2D eigenvalue weighted by molar-refractivity contribution is -0.121. The standard InChI is InChI=1S/C13H13N3O2S/c17-11(15-10-4-2-1-3-5-10)6-7-12(18)16-13-14-8-9-19-13/h1-5,8-9H,6-7H2,(H,15,17)(H,14,16,18). The molecule has 98 valence electrons. The number of aromatic nitrogens is 1. The number of hydrogen-bond donors (Lipinski definition) is 2. The Morgan fingerprint density at radius 2 is 1.74 bits per heavy atom. The SMILES string of the molecule is O=C(CCC(=O)Nc1nccs1)Nc1ccccc1. The van der Waals surface area contributed by atoms with Gasteiger partial charge in [-0.05, 0) is 12.1 Å². The zero-order chi connectivity index (χ0) is 13.5. The number of nitrogens with one attached hydrogen (secondary N) is 2. The number of benzene rings is 1. The lowest BCUT2D eigenvalue weighted by atomic mass is 10.2. The van der Waals surface area contributed by atoms with Crippen molar-refractivity contribution in [3.63, 3.8) is 0 Å². The summed E-state index contributed by atoms with van der Waals surface area (Å²) in [5.74, 6) is -0.390. The van der Waals surface area contributed by atoms with Crippen molar-refractivity contribution in [1.82, 2.24) is 4.98 Å². The molecule has 0 radical (unpaired) electrons. The second-order valence-electron chi connectivity index (χ2n) is 3.80. The van der Waals surface area contributed by atoms with E-state index in [1.807, 2.05) is 18.2 Å². The van der Waals surface area contributed by atoms with Crippen LogP contribution in [-0.4, -0.2) is 16.8 Å². The molecule has 0 aliphatic carbocycles. The van der Waals surface area contributed by atoms with Crippen LogP contribution in [0.15, 0.2) is 41.9 Å². The number of carbonyl (C=O) groups excluding carboxylic acids is 2. The molecule has 0 atom stereocenters. The summed E-state index contributed by atoms with van der Waals surface area (Å²) in [7, 11) is 0. The van der Waals surface area contributed by atoms with Crippen LogP contribution < -0.4 is 10.6 Å². The molecule has 0 fully saturated rings. The maximum atomic E-state index is 11.6. The van der Waals surface area contributed by atoms with Crippen LogP contribution in [0.25, 0.3) is 0 Å². The summed E-state index contributed by atoms with van der Waals surface area (Å²) in [5, 5.41) is 7.68. The second-order valence-corrected chi connectivity index (χ2v) is 4.69. The number of hydrogen-bond acceptors (Lipinski definition) is 4. The molecule has 19 heavy (non-hydrogen) atoms. The highest BCUT2D eigenvalue weighted by atomic mass is 32.1. The molecule has 0 bridgehead atoms. The molecule has 0 saturated carbocycles. The van der Waals surface area contributed by atoms with Crippen LogP contribution >= 0.6 is 11.3 Å². The van der Waals surface area contributed by atoms with Crippen LogP contribution in [0.3, 0.4) is 0 Å². The second kappa shape index (κ2) is 6.65. The van der Waals surface area contributed by atoms with Crippen molar-refractivity contribution in [2.75, 3.05) is 10.6 Å². The minimum Gasteiger partial charge on any atom is -0.326 e. The highest BCUT2D eigenvalue weighted by Gasteiger charge is 2.08. The summed E-state index contributed by atoms with van der Waals surface area (Å²) in [6.07, 6.45) is 1.90. The van der Waals surface area contributed by atoms with Crippen molar-refractivity contribution in [3.05, 3.63) is 41.9 Å². The monoisotopic (exact) mass is 275 g/mol. The van der Waals surface area contributed by atoms with E-state index in [0.29, 0.717) is 5.13 Å². The van der Waals surface area contributed by atoms with Crippen molar-refractivity contribution in [2.24, 2.45) is 0 Å². The Balaban J connectivity index is 1.73. The number of amides is 2. The van der Waals surface area contributed by atoms with Crippen LogP contribution in [0.4, 0.5) is 10.8 Å². The molecule has 2 amide bonds. The van der Waals surface area contributed by atoms with E-state index in [0.717, 1.165) is 5.69 Å². The summed E-state index contributed by atoms with van der Waals surface area (Å²) in [4.78, 5) is 27.1. The Bertz CT molecular complexity index is 540. The van der Waals surface area contributed by atoms with Crippen molar-refractivity contribution < 1.29 is 9.59 Å². The van der Waals surface area contributed by atoms with E-state index in [1.165, 1.54) is 11.3 Å². The van der Waals surface area contributed by atoms with Gasteiger partial charge in [0.1, 0.15) is 0 Å². The lowest BCUT2D eigenvalue weighted by Gasteiger charge is -2.04. The van der Waals surface area contributed by atoms with E-state index in [2.05, 4.69) is 15.6 Å². The zero-order valence-corrected chi connectivity index (χ0v) is 10.9. The number of thiazole rings is 1. The molecule has 0 spiro atoms. The molecule has 1 aromatic heterocycles. The predicted octanol–water partition coefficient (Wildman–Crippen LogP) is 2.50. The molecule has 0 aliphatic heterocycles. The topological polar surface area (TPSA) is 71.1 Å². The van der Waals surface area contributed by atoms with E-state index >= 15 is 0 Å². The van der Waals surface area contributed by atoms with Gasteiger partial charge in [-0.25, -0.2) is 4.98 Å². The Morgan fingerprint density at radius 3 is 2.37 bits per heavy atom. The fourth-order valence-electron chi connectivity index (χ4n) is 1.44. The van der Waals surface area contributed by atoms with E-state index in [4.69, 9.17) is 0 Å². The van der Waals surface area contributed by atoms with Gasteiger partial charge in [-0.1, -0.05) is 18.2 Å². The molecule has 1 heterocycles. The van der Waals surface area contributed by atoms with E-state index < -0.39 is 0 Å². The number of anilines is 2. The number of para-hydroxylation sites is 1. The first kappa shape index (κ1) is 13.2. The minimum absolute atomic E-state index is 0.137. The van der Waals surface area contributed by atoms with Crippen LogP contribution in [0.1, 0.15) is 12.8 Å². The fraction of sp³-hybridized carbons (Fsp3) is 0.154. The van der Waals surface area contributed by atoms with Gasteiger partial charge in [-0.2, -0.15) is 0 Å². The molecule has 6 heteroatoms. The molecule has 2 aromatic rings. The van der Waals surface area contributed by atoms with Gasteiger partial charge in [0.2, 0.25) is 11.8 Å². The number of carbonyl (C=O) groups is 2. The molecular weight excluding hydrogens is 262 g/mol. The van der Waals surface area contributed by atoms with E-state index in [1.54, 1.807) is 23.7 Å². The molecule has 0 saturated heterocycles. The van der Waals surface area contributed by atoms with E-state index in [9.17, 15) is 9.59 Å². The van der Waals surface area contributed by atoms with Gasteiger partial charge in [-0.3, -0.25) is 9.59 Å². The summed E-state index contributed by atoms with van der Waals surface area (Å²) in [5.41, 5.74) is 0.729.